The van der Waals surface area contributed by atoms with Gasteiger partial charge in [-0.25, -0.2) is 10.4 Å². The van der Waals surface area contributed by atoms with Gasteiger partial charge in [-0.3, -0.25) is 28.8 Å². The minimum atomic E-state index is -1.28. The molecule has 0 aliphatic rings. The maximum absolute atomic E-state index is 14.3. The van der Waals surface area contributed by atoms with Crippen molar-refractivity contribution < 1.29 is 59.0 Å². The van der Waals surface area contributed by atoms with Crippen molar-refractivity contribution in [3.05, 3.63) is 43.7 Å². The molecule has 0 radical (unpaired) electrons. The number of hydrogen-bond donors (Lipinski definition) is 10. The van der Waals surface area contributed by atoms with Gasteiger partial charge in [0.15, 0.2) is 5.78 Å². The van der Waals surface area contributed by atoms with E-state index in [9.17, 15) is 54.3 Å². The normalized spacial score (nSPS) is 11.5. The van der Waals surface area contributed by atoms with Crippen molar-refractivity contribution in [2.45, 2.75) is 12.5 Å². The van der Waals surface area contributed by atoms with Crippen LogP contribution in [0.4, 0.5) is 11.4 Å². The molecule has 0 heterocycles. The van der Waals surface area contributed by atoms with Gasteiger partial charge in [0.1, 0.15) is 6.61 Å². The smallest absolute Gasteiger partial charge is 0.253 e. The highest BCUT2D eigenvalue weighted by Crippen LogP contribution is 2.39. The number of rotatable bonds is 20. The zero-order valence-corrected chi connectivity index (χ0v) is 40.9. The molecule has 0 aliphatic carbocycles. The van der Waals surface area contributed by atoms with Crippen molar-refractivity contribution in [1.82, 2.24) is 21.4 Å². The van der Waals surface area contributed by atoms with Gasteiger partial charge in [-0.05, 0) is 136 Å². The number of amides is 5. The lowest BCUT2D eigenvalue weighted by molar-refractivity contribution is -0.120. The molecule has 2 rings (SSSR count). The van der Waals surface area contributed by atoms with Gasteiger partial charge in [0.25, 0.3) is 17.7 Å². The zero-order chi connectivity index (χ0) is 40.9. The van der Waals surface area contributed by atoms with Gasteiger partial charge in [0, 0.05) is 49.6 Å². The summed E-state index contributed by atoms with van der Waals surface area (Å²) >= 11 is 10.9. The second kappa shape index (κ2) is 24.5. The molecule has 0 spiro atoms. The van der Waals surface area contributed by atoms with Crippen molar-refractivity contribution in [3.8, 4) is 0 Å². The Morgan fingerprint density at radius 2 is 1.13 bits per heavy atom. The fourth-order valence-corrected chi connectivity index (χ4v) is 13.6. The summed E-state index contributed by atoms with van der Waals surface area (Å²) < 4.78 is 5.99. The highest BCUT2D eigenvalue weighted by atomic mass is 127. The number of aliphatic hydroxyl groups is 5. The Hall–Kier alpha value is -0.440. The molecule has 10 N–H and O–H groups in total. The number of benzene rings is 2. The van der Waals surface area contributed by atoms with Crippen molar-refractivity contribution >= 4 is 182 Å². The summed E-state index contributed by atoms with van der Waals surface area (Å²) in [6.07, 6.45) is -2.14. The Bertz CT molecular complexity index is 1720. The topological polar surface area (TPSA) is 276 Å². The predicted molar refractivity (Wildman–Crippen MR) is 245 cm³/mol. The highest BCUT2D eigenvalue weighted by molar-refractivity contribution is 14.1. The maximum atomic E-state index is 14.3. The number of carbonyl (C=O) groups is 6. The van der Waals surface area contributed by atoms with E-state index in [1.165, 1.54) is 7.11 Å². The van der Waals surface area contributed by atoms with Crippen LogP contribution in [-0.4, -0.2) is 133 Å². The van der Waals surface area contributed by atoms with Gasteiger partial charge in [0.2, 0.25) is 11.8 Å². The summed E-state index contributed by atoms with van der Waals surface area (Å²) in [5.74, 6) is -4.41. The average Bonchev–Trinajstić information content (AvgIpc) is 3.11. The molecule has 0 fully saturated rings. The number of anilines is 2. The number of hydrogen-bond acceptors (Lipinski definition) is 13. The monoisotopic (exact) mass is 1430 g/mol. The maximum Gasteiger partial charge on any atom is 0.253 e. The summed E-state index contributed by atoms with van der Waals surface area (Å²) in [5, 5.41) is 58.5. The molecule has 1 atom stereocenters. The van der Waals surface area contributed by atoms with Gasteiger partial charge in [0.05, 0.1) is 77.7 Å². The van der Waals surface area contributed by atoms with Gasteiger partial charge in [-0.1, -0.05) is 0 Å². The zero-order valence-electron chi connectivity index (χ0n) is 28.0. The van der Waals surface area contributed by atoms with E-state index in [4.69, 9.17) is 4.74 Å². The summed E-state index contributed by atoms with van der Waals surface area (Å²) in [5.41, 5.74) is 2.62. The van der Waals surface area contributed by atoms with E-state index in [2.05, 4.69) is 26.7 Å². The van der Waals surface area contributed by atoms with Crippen molar-refractivity contribution in [2.24, 2.45) is 0 Å². The standard InChI is InChI=1S/C30H34I6N6O12/c1-54-11-14(49)41-26-22(33)16(20(31)17(23(26)34)30(53)39-9-12(47)10-46)13(48)8-15(50)42(40-4-7-45)27-24(35)18(28(51)37-2-5-43)21(32)19(25(27)36)29(52)38-3-6-44/h12,40,43-47H,2-11H2,1H3,(H,37,51)(H,38,52)(H,39,53)(H,41,49). The van der Waals surface area contributed by atoms with E-state index in [1.54, 1.807) is 22.6 Å². The van der Waals surface area contributed by atoms with E-state index in [1.807, 2.05) is 113 Å². The number of ether oxygens (including phenoxy) is 1. The second-order valence-electron chi connectivity index (χ2n) is 10.6. The molecule has 0 aliphatic heterocycles. The van der Waals surface area contributed by atoms with E-state index < -0.39 is 61.1 Å². The molecule has 2 aromatic carbocycles. The molecule has 54 heavy (non-hydrogen) atoms. The number of hydrazine groups is 1. The minimum absolute atomic E-state index is 0.00630. The third-order valence-corrected chi connectivity index (χ3v) is 13.2. The van der Waals surface area contributed by atoms with Crippen LogP contribution in [0.2, 0.25) is 0 Å². The molecule has 0 saturated carbocycles. The van der Waals surface area contributed by atoms with E-state index in [0.717, 1.165) is 5.01 Å². The van der Waals surface area contributed by atoms with Crippen LogP contribution in [0.25, 0.3) is 0 Å². The van der Waals surface area contributed by atoms with Crippen LogP contribution in [0.3, 0.4) is 0 Å². The van der Waals surface area contributed by atoms with Gasteiger partial charge in [-0.15, -0.1) is 0 Å². The van der Waals surface area contributed by atoms with E-state index in [0.29, 0.717) is 0 Å². The Balaban J connectivity index is 2.84. The first-order valence-corrected chi connectivity index (χ1v) is 21.8. The van der Waals surface area contributed by atoms with Crippen LogP contribution >= 0.6 is 136 Å². The fourth-order valence-electron chi connectivity index (χ4n) is 4.41. The lowest BCUT2D eigenvalue weighted by atomic mass is 10.0. The van der Waals surface area contributed by atoms with Crippen molar-refractivity contribution in [3.63, 3.8) is 0 Å². The summed E-state index contributed by atoms with van der Waals surface area (Å²) in [4.78, 5) is 81.3. The number of aliphatic hydroxyl groups excluding tert-OH is 5. The minimum Gasteiger partial charge on any atom is -0.395 e. The lowest BCUT2D eigenvalue weighted by Crippen LogP contribution is -2.47. The van der Waals surface area contributed by atoms with Gasteiger partial charge in [-0.2, -0.15) is 0 Å². The Morgan fingerprint density at radius 3 is 1.61 bits per heavy atom. The molecule has 24 heteroatoms. The quantitative estimate of drug-likeness (QED) is 0.0376. The summed E-state index contributed by atoms with van der Waals surface area (Å²) in [6.45, 7) is -3.02. The summed E-state index contributed by atoms with van der Waals surface area (Å²) in [7, 11) is 1.30. The SMILES string of the molecule is COCC(=O)Nc1c(I)c(C(=O)CC(=O)N(NCCO)c2c(I)c(C(=O)NCCO)c(I)c(C(=O)NCCO)c2I)c(I)c(C(=O)NCC(O)CO)c1I. The highest BCUT2D eigenvalue weighted by Gasteiger charge is 2.35. The number of carbonyl (C=O) groups excluding carboxylic acids is 6. The van der Waals surface area contributed by atoms with E-state index >= 15 is 0 Å². The van der Waals surface area contributed by atoms with Crippen molar-refractivity contribution in [2.75, 3.05) is 76.6 Å². The predicted octanol–water partition coefficient (Wildman–Crippen LogP) is 0.529. The van der Waals surface area contributed by atoms with Crippen molar-refractivity contribution in [1.29, 1.82) is 0 Å². The van der Waals surface area contributed by atoms with Gasteiger partial charge >= 0.3 is 0 Å². The Kier molecular flexibility index (Phi) is 22.5. The van der Waals surface area contributed by atoms with Crippen LogP contribution in [0.1, 0.15) is 47.9 Å². The molecular formula is C30H34I6N6O12. The number of nitrogens with zero attached hydrogens (tertiary/aromatic N) is 1. The fraction of sp³-hybridized carbons (Fsp3) is 0.400. The van der Waals surface area contributed by atoms with Crippen LogP contribution in [0.15, 0.2) is 0 Å². The number of halogens is 6. The number of nitrogens with one attached hydrogen (secondary N) is 5. The first-order chi connectivity index (χ1) is 25.5. The summed E-state index contributed by atoms with van der Waals surface area (Å²) in [6, 6.07) is 0. The lowest BCUT2D eigenvalue weighted by Gasteiger charge is -2.28. The third kappa shape index (κ3) is 12.8. The molecule has 298 valence electrons. The average molecular weight is 1430 g/mol. The first kappa shape index (κ1) is 49.7. The number of Topliss-reactive ketones (excluding diaryl/α,β-unsaturated/α-hetero) is 1. The van der Waals surface area contributed by atoms with Gasteiger partial charge < -0.3 is 51.5 Å². The molecule has 0 saturated heterocycles. The second-order valence-corrected chi connectivity index (χ2v) is 17.0. The van der Waals surface area contributed by atoms with Crippen LogP contribution < -0.4 is 31.7 Å². The third-order valence-electron chi connectivity index (χ3n) is 6.78. The number of methoxy groups -OCH3 is 1. The Morgan fingerprint density at radius 1 is 0.667 bits per heavy atom. The van der Waals surface area contributed by atoms with E-state index in [-0.39, 0.29) is 101 Å². The van der Waals surface area contributed by atoms with Crippen LogP contribution in [-0.2, 0) is 14.3 Å². The first-order valence-electron chi connectivity index (χ1n) is 15.3. The van der Waals surface area contributed by atoms with Crippen LogP contribution in [0, 0.1) is 21.4 Å². The molecule has 0 aromatic heterocycles. The molecule has 0 bridgehead atoms. The largest absolute Gasteiger partial charge is 0.395 e. The molecule has 5 amide bonds. The molecule has 1 unspecified atom stereocenters. The van der Waals surface area contributed by atoms with Crippen LogP contribution in [0.5, 0.6) is 0 Å². The molecular weight excluding hydrogens is 1400 g/mol. The molecule has 2 aromatic rings. The molecule has 18 nitrogen and oxygen atoms in total. The Labute approximate surface area is 390 Å². The number of ketones is 1.